The Hall–Kier alpha value is -3.04. The minimum absolute atomic E-state index is 0.131. The second-order valence-electron chi connectivity index (χ2n) is 6.57. The van der Waals surface area contributed by atoms with Gasteiger partial charge in [-0.1, -0.05) is 30.0 Å². The molecule has 0 atom stereocenters. The number of methoxy groups -OCH3 is 1. The van der Waals surface area contributed by atoms with Gasteiger partial charge in [0.25, 0.3) is 0 Å². The Morgan fingerprint density at radius 2 is 2.03 bits per heavy atom. The van der Waals surface area contributed by atoms with Crippen LogP contribution in [0.2, 0.25) is 0 Å². The first kappa shape index (κ1) is 21.2. The van der Waals surface area contributed by atoms with Crippen molar-refractivity contribution in [3.8, 4) is 5.75 Å². The number of carbonyl (C=O) groups is 2. The molecule has 0 bridgehead atoms. The van der Waals surface area contributed by atoms with Crippen LogP contribution >= 0.6 is 23.1 Å². The van der Waals surface area contributed by atoms with Gasteiger partial charge in [-0.3, -0.25) is 9.59 Å². The van der Waals surface area contributed by atoms with Gasteiger partial charge in [-0.15, -0.1) is 11.3 Å². The van der Waals surface area contributed by atoms with E-state index < -0.39 is 0 Å². The molecule has 9 heteroatoms. The largest absolute Gasteiger partial charge is 0.495 e. The van der Waals surface area contributed by atoms with E-state index in [9.17, 15) is 9.59 Å². The predicted octanol–water partition coefficient (Wildman–Crippen LogP) is 4.89. The minimum Gasteiger partial charge on any atom is -0.495 e. The van der Waals surface area contributed by atoms with Crippen LogP contribution in [-0.4, -0.2) is 36.3 Å². The highest BCUT2D eigenvalue weighted by Crippen LogP contribution is 2.36. The molecular weight excluding hydrogens is 436 g/mol. The minimum atomic E-state index is -0.310. The first-order chi connectivity index (χ1) is 15.1. The molecule has 2 heterocycles. The van der Waals surface area contributed by atoms with Gasteiger partial charge >= 0.3 is 5.97 Å². The van der Waals surface area contributed by atoms with Crippen molar-refractivity contribution in [2.75, 3.05) is 24.8 Å². The number of carbonyl (C=O) groups excluding carboxylic acids is 2. The molecule has 4 aromatic rings. The van der Waals surface area contributed by atoms with E-state index in [1.807, 2.05) is 30.3 Å². The van der Waals surface area contributed by atoms with E-state index in [1.165, 1.54) is 23.1 Å². The van der Waals surface area contributed by atoms with Crippen molar-refractivity contribution in [1.82, 2.24) is 4.98 Å². The van der Waals surface area contributed by atoms with Crippen LogP contribution in [0.15, 0.2) is 50.5 Å². The molecule has 1 N–H and O–H groups in total. The summed E-state index contributed by atoms with van der Waals surface area (Å²) in [7, 11) is 1.56. The Morgan fingerprint density at radius 1 is 1.19 bits per heavy atom. The fraction of sp³-hybridized carbons (Fsp3) is 0.227. The van der Waals surface area contributed by atoms with Crippen molar-refractivity contribution < 1.29 is 23.5 Å². The summed E-state index contributed by atoms with van der Waals surface area (Å²) in [4.78, 5) is 28.4. The third-order valence-electron chi connectivity index (χ3n) is 4.46. The first-order valence-corrected chi connectivity index (χ1v) is 11.5. The summed E-state index contributed by atoms with van der Waals surface area (Å²) in [5, 5.41) is 6.60. The lowest BCUT2D eigenvalue weighted by atomic mass is 10.1. The summed E-state index contributed by atoms with van der Waals surface area (Å²) in [6, 6.07) is 11.4. The topological polar surface area (TPSA) is 90.7 Å². The van der Waals surface area contributed by atoms with Crippen LogP contribution in [0.5, 0.6) is 5.75 Å². The molecule has 0 fully saturated rings. The van der Waals surface area contributed by atoms with Gasteiger partial charge in [0.1, 0.15) is 16.9 Å². The number of thiazole rings is 1. The number of hydrogen-bond donors (Lipinski definition) is 1. The Morgan fingerprint density at radius 3 is 2.84 bits per heavy atom. The van der Waals surface area contributed by atoms with Gasteiger partial charge in [0.2, 0.25) is 5.91 Å². The van der Waals surface area contributed by atoms with Crippen LogP contribution in [0, 0.1) is 0 Å². The van der Waals surface area contributed by atoms with Gasteiger partial charge in [0, 0.05) is 22.2 Å². The number of esters is 1. The van der Waals surface area contributed by atoms with Gasteiger partial charge in [-0.2, -0.15) is 0 Å². The number of anilines is 1. The zero-order valence-corrected chi connectivity index (χ0v) is 18.6. The lowest BCUT2D eigenvalue weighted by Gasteiger charge is -2.10. The number of furan rings is 1. The average Bonchev–Trinajstić information content (AvgIpc) is 3.35. The number of thioether (sulfide) groups is 1. The van der Waals surface area contributed by atoms with E-state index in [0.717, 1.165) is 16.4 Å². The Kier molecular flexibility index (Phi) is 6.43. The quantitative estimate of drug-likeness (QED) is 0.298. The maximum atomic E-state index is 12.5. The summed E-state index contributed by atoms with van der Waals surface area (Å²) in [6.45, 7) is 2.10. The molecule has 2 aromatic heterocycles. The zero-order valence-electron chi connectivity index (χ0n) is 17.0. The van der Waals surface area contributed by atoms with Gasteiger partial charge < -0.3 is 19.2 Å². The SMILES string of the molecule is CCOC(=O)Cc1csc(SCC(=O)Nc2cc3oc4ccccc4c3cc2OC)n1. The Labute approximate surface area is 186 Å². The molecule has 7 nitrogen and oxygen atoms in total. The lowest BCUT2D eigenvalue weighted by molar-refractivity contribution is -0.142. The number of para-hydroxylation sites is 1. The van der Waals surface area contributed by atoms with E-state index in [-0.39, 0.29) is 24.1 Å². The van der Waals surface area contributed by atoms with Crippen LogP contribution in [0.1, 0.15) is 12.6 Å². The number of amides is 1. The summed E-state index contributed by atoms with van der Waals surface area (Å²) in [6.07, 6.45) is 0.131. The molecule has 0 saturated heterocycles. The van der Waals surface area contributed by atoms with Crippen LogP contribution in [0.3, 0.4) is 0 Å². The summed E-state index contributed by atoms with van der Waals surface area (Å²) in [5.41, 5.74) is 2.64. The molecule has 0 spiro atoms. The number of benzene rings is 2. The standard InChI is InChI=1S/C22H20N2O5S2/c1-3-28-21(26)8-13-11-30-22(23-13)31-12-20(25)24-16-10-18-15(9-19(16)27-2)14-6-4-5-7-17(14)29-18/h4-7,9-11H,3,8,12H2,1-2H3,(H,24,25). The fourth-order valence-corrected chi connectivity index (χ4v) is 4.77. The molecule has 0 radical (unpaired) electrons. The summed E-state index contributed by atoms with van der Waals surface area (Å²) < 4.78 is 17.0. The third kappa shape index (κ3) is 4.83. The molecule has 0 aliphatic rings. The number of aromatic nitrogens is 1. The van der Waals surface area contributed by atoms with Crippen LogP contribution in [-0.2, 0) is 20.7 Å². The molecule has 2 aromatic carbocycles. The van der Waals surface area contributed by atoms with Crippen molar-refractivity contribution in [1.29, 1.82) is 0 Å². The highest BCUT2D eigenvalue weighted by atomic mass is 32.2. The highest BCUT2D eigenvalue weighted by molar-refractivity contribution is 8.01. The molecule has 1 amide bonds. The number of hydrogen-bond acceptors (Lipinski definition) is 8. The zero-order chi connectivity index (χ0) is 21.8. The normalized spacial score (nSPS) is 11.0. The number of fused-ring (bicyclic) bond motifs is 3. The van der Waals surface area contributed by atoms with Crippen molar-refractivity contribution in [3.05, 3.63) is 47.5 Å². The van der Waals surface area contributed by atoms with E-state index >= 15 is 0 Å². The van der Waals surface area contributed by atoms with Crippen LogP contribution in [0.4, 0.5) is 5.69 Å². The molecule has 0 aliphatic carbocycles. The monoisotopic (exact) mass is 456 g/mol. The molecular formula is C22H20N2O5S2. The van der Waals surface area contributed by atoms with Crippen LogP contribution < -0.4 is 10.1 Å². The van der Waals surface area contributed by atoms with Crippen molar-refractivity contribution in [3.63, 3.8) is 0 Å². The molecule has 160 valence electrons. The van der Waals surface area contributed by atoms with E-state index in [0.29, 0.717) is 33.7 Å². The molecule has 0 unspecified atom stereocenters. The van der Waals surface area contributed by atoms with Gasteiger partial charge in [-0.25, -0.2) is 4.98 Å². The van der Waals surface area contributed by atoms with Gasteiger partial charge in [-0.05, 0) is 19.1 Å². The number of ether oxygens (including phenoxy) is 2. The third-order valence-corrected chi connectivity index (χ3v) is 6.53. The Balaban J connectivity index is 1.43. The van der Waals surface area contributed by atoms with E-state index in [2.05, 4.69) is 10.3 Å². The summed E-state index contributed by atoms with van der Waals surface area (Å²) in [5.74, 6) is 0.229. The van der Waals surface area contributed by atoms with Gasteiger partial charge in [0.05, 0.1) is 37.3 Å². The summed E-state index contributed by atoms with van der Waals surface area (Å²) >= 11 is 2.70. The second-order valence-corrected chi connectivity index (χ2v) is 8.65. The highest BCUT2D eigenvalue weighted by Gasteiger charge is 2.15. The van der Waals surface area contributed by atoms with E-state index in [1.54, 1.807) is 25.5 Å². The van der Waals surface area contributed by atoms with E-state index in [4.69, 9.17) is 13.9 Å². The molecule has 4 rings (SSSR count). The van der Waals surface area contributed by atoms with Crippen molar-refractivity contribution >= 4 is 62.6 Å². The molecule has 0 aliphatic heterocycles. The Bertz CT molecular complexity index is 1250. The maximum Gasteiger partial charge on any atom is 0.311 e. The van der Waals surface area contributed by atoms with Crippen LogP contribution in [0.25, 0.3) is 21.9 Å². The number of rotatable bonds is 8. The smallest absolute Gasteiger partial charge is 0.311 e. The number of nitrogens with zero attached hydrogens (tertiary/aromatic N) is 1. The molecule has 0 saturated carbocycles. The fourth-order valence-electron chi connectivity index (χ4n) is 3.13. The second kappa shape index (κ2) is 9.40. The van der Waals surface area contributed by atoms with Crippen molar-refractivity contribution in [2.24, 2.45) is 0 Å². The number of nitrogens with one attached hydrogen (secondary N) is 1. The lowest BCUT2D eigenvalue weighted by Crippen LogP contribution is -2.14. The van der Waals surface area contributed by atoms with Gasteiger partial charge in [0.15, 0.2) is 4.34 Å². The van der Waals surface area contributed by atoms with Crippen molar-refractivity contribution in [2.45, 2.75) is 17.7 Å². The first-order valence-electron chi connectivity index (χ1n) is 9.59. The maximum absolute atomic E-state index is 12.5. The predicted molar refractivity (Wildman–Crippen MR) is 122 cm³/mol. The average molecular weight is 457 g/mol. The molecule has 31 heavy (non-hydrogen) atoms.